The van der Waals surface area contributed by atoms with Crippen LogP contribution < -0.4 is 0 Å². The number of allylic oxidation sites excluding steroid dienone is 1. The molecule has 4 nitrogen and oxygen atoms in total. The second-order valence-corrected chi connectivity index (χ2v) is 10.0. The molecule has 39 heavy (non-hydrogen) atoms. The largest absolute Gasteiger partial charge is 0.478 e. The molecule has 0 amide bonds. The number of hydrogen-bond acceptors (Lipinski definition) is 5. The molecule has 0 aliphatic rings. The first-order valence-corrected chi connectivity index (χ1v) is 13.3. The van der Waals surface area contributed by atoms with E-state index < -0.39 is 5.97 Å². The Morgan fingerprint density at radius 3 is 1.69 bits per heavy atom. The molecule has 0 radical (unpaired) electrons. The van der Waals surface area contributed by atoms with E-state index in [2.05, 4.69) is 0 Å². The third-order valence-corrected chi connectivity index (χ3v) is 7.34. The van der Waals surface area contributed by atoms with Crippen LogP contribution in [0.3, 0.4) is 0 Å². The fourth-order valence-electron chi connectivity index (χ4n) is 3.55. The first-order chi connectivity index (χ1) is 18.9. The number of rotatable bonds is 7. The number of carboxylic acids is 1. The third-order valence-electron chi connectivity index (χ3n) is 5.53. The SMILES string of the molecule is O=C(O)c1ccc(C(=O)/C=C/c2ccc(F)c(-c3cccs3)c2)cc1.O=Cc1ccc(F)c(-c2cccs2)c1. The number of aromatic carboxylic acids is 1. The van der Waals surface area contributed by atoms with Gasteiger partial charge in [-0.3, -0.25) is 9.59 Å². The number of halogens is 2. The van der Waals surface area contributed by atoms with E-state index in [1.165, 1.54) is 71.2 Å². The monoisotopic (exact) mass is 558 g/mol. The molecule has 0 atom stereocenters. The highest BCUT2D eigenvalue weighted by Crippen LogP contribution is 2.29. The van der Waals surface area contributed by atoms with Crippen LogP contribution in [-0.4, -0.2) is 23.1 Å². The van der Waals surface area contributed by atoms with Crippen LogP contribution in [0.4, 0.5) is 8.78 Å². The number of carbonyl (C=O) groups excluding carboxylic acids is 2. The van der Waals surface area contributed by atoms with Crippen LogP contribution >= 0.6 is 22.7 Å². The number of hydrogen-bond donors (Lipinski definition) is 1. The summed E-state index contributed by atoms with van der Waals surface area (Å²) in [6, 6.07) is 22.1. The van der Waals surface area contributed by atoms with Gasteiger partial charge in [-0.25, -0.2) is 13.6 Å². The van der Waals surface area contributed by atoms with Gasteiger partial charge in [-0.05, 0) is 77.0 Å². The molecule has 1 N–H and O–H groups in total. The highest BCUT2D eigenvalue weighted by atomic mass is 32.1. The number of aldehydes is 1. The highest BCUT2D eigenvalue weighted by molar-refractivity contribution is 7.13. The van der Waals surface area contributed by atoms with Crippen molar-refractivity contribution in [2.45, 2.75) is 0 Å². The van der Waals surface area contributed by atoms with E-state index in [1.807, 2.05) is 35.0 Å². The van der Waals surface area contributed by atoms with E-state index in [4.69, 9.17) is 5.11 Å². The Morgan fingerprint density at radius 2 is 1.21 bits per heavy atom. The summed E-state index contributed by atoms with van der Waals surface area (Å²) in [5.74, 6) is -1.89. The molecule has 0 aliphatic heterocycles. The van der Waals surface area contributed by atoms with Crippen molar-refractivity contribution in [2.75, 3.05) is 0 Å². The molecule has 2 aromatic heterocycles. The Morgan fingerprint density at radius 1 is 0.692 bits per heavy atom. The van der Waals surface area contributed by atoms with Crippen LogP contribution in [0.2, 0.25) is 0 Å². The Labute approximate surface area is 231 Å². The quantitative estimate of drug-likeness (QED) is 0.123. The maximum Gasteiger partial charge on any atom is 0.335 e. The van der Waals surface area contributed by atoms with E-state index >= 15 is 0 Å². The summed E-state index contributed by atoms with van der Waals surface area (Å²) in [5, 5.41) is 12.6. The summed E-state index contributed by atoms with van der Waals surface area (Å²) in [7, 11) is 0. The topological polar surface area (TPSA) is 71.4 Å². The molecule has 0 fully saturated rings. The van der Waals surface area contributed by atoms with Gasteiger partial charge in [0.2, 0.25) is 0 Å². The van der Waals surface area contributed by atoms with Crippen molar-refractivity contribution in [1.82, 2.24) is 0 Å². The highest BCUT2D eigenvalue weighted by Gasteiger charge is 2.09. The molecule has 0 saturated carbocycles. The lowest BCUT2D eigenvalue weighted by atomic mass is 10.1. The van der Waals surface area contributed by atoms with E-state index in [0.717, 1.165) is 16.0 Å². The molecular weight excluding hydrogens is 538 g/mol. The summed E-state index contributed by atoms with van der Waals surface area (Å²) < 4.78 is 27.3. The van der Waals surface area contributed by atoms with Gasteiger partial charge in [0.05, 0.1) is 5.56 Å². The fraction of sp³-hybridized carbons (Fsp3) is 0. The fourth-order valence-corrected chi connectivity index (χ4v) is 5.04. The van der Waals surface area contributed by atoms with Crippen molar-refractivity contribution < 1.29 is 28.3 Å². The average Bonchev–Trinajstić information content (AvgIpc) is 3.68. The smallest absolute Gasteiger partial charge is 0.335 e. The maximum absolute atomic E-state index is 14.0. The summed E-state index contributed by atoms with van der Waals surface area (Å²) in [6.45, 7) is 0. The summed E-state index contributed by atoms with van der Waals surface area (Å²) in [6.07, 6.45) is 3.72. The van der Waals surface area contributed by atoms with E-state index in [-0.39, 0.29) is 23.0 Å². The van der Waals surface area contributed by atoms with Gasteiger partial charge in [-0.2, -0.15) is 0 Å². The maximum atomic E-state index is 14.0. The predicted molar refractivity (Wildman–Crippen MR) is 152 cm³/mol. The van der Waals surface area contributed by atoms with Gasteiger partial charge in [0.1, 0.15) is 17.9 Å². The first-order valence-electron chi connectivity index (χ1n) is 11.5. The molecular formula is C31H20F2O4S2. The van der Waals surface area contributed by atoms with Crippen LogP contribution in [0.5, 0.6) is 0 Å². The van der Waals surface area contributed by atoms with Crippen molar-refractivity contribution in [1.29, 1.82) is 0 Å². The summed E-state index contributed by atoms with van der Waals surface area (Å²) >= 11 is 2.90. The lowest BCUT2D eigenvalue weighted by molar-refractivity contribution is 0.0696. The molecule has 2 heterocycles. The van der Waals surface area contributed by atoms with Crippen LogP contribution in [0.25, 0.3) is 27.0 Å². The molecule has 0 aliphatic carbocycles. The normalized spacial score (nSPS) is 10.6. The van der Waals surface area contributed by atoms with E-state index in [0.29, 0.717) is 27.8 Å². The van der Waals surface area contributed by atoms with Gasteiger partial charge in [0.25, 0.3) is 0 Å². The van der Waals surface area contributed by atoms with Crippen LogP contribution in [0.1, 0.15) is 36.6 Å². The van der Waals surface area contributed by atoms with E-state index in [9.17, 15) is 23.2 Å². The second-order valence-electron chi connectivity index (χ2n) is 8.13. The third kappa shape index (κ3) is 7.07. The molecule has 8 heteroatoms. The molecule has 5 rings (SSSR count). The average molecular weight is 559 g/mol. The first kappa shape index (κ1) is 27.5. The van der Waals surface area contributed by atoms with Gasteiger partial charge < -0.3 is 5.11 Å². The Balaban J connectivity index is 0.000000212. The van der Waals surface area contributed by atoms with Gasteiger partial charge in [0, 0.05) is 32.0 Å². The summed E-state index contributed by atoms with van der Waals surface area (Å²) in [4.78, 5) is 35.2. The van der Waals surface area contributed by atoms with Crippen molar-refractivity contribution in [2.24, 2.45) is 0 Å². The number of carboxylic acid groups (broad SMARTS) is 1. The van der Waals surface area contributed by atoms with Gasteiger partial charge in [-0.1, -0.05) is 36.4 Å². The zero-order valence-electron chi connectivity index (χ0n) is 20.2. The molecule has 5 aromatic rings. The lowest BCUT2D eigenvalue weighted by Crippen LogP contribution is -1.98. The van der Waals surface area contributed by atoms with Crippen LogP contribution in [0.15, 0.2) is 102 Å². The van der Waals surface area contributed by atoms with Gasteiger partial charge in [-0.15, -0.1) is 22.7 Å². The van der Waals surface area contributed by atoms with Gasteiger partial charge >= 0.3 is 5.97 Å². The zero-order chi connectivity index (χ0) is 27.8. The van der Waals surface area contributed by atoms with Crippen molar-refractivity contribution in [3.8, 4) is 20.9 Å². The van der Waals surface area contributed by atoms with Gasteiger partial charge in [0.15, 0.2) is 5.78 Å². The Kier molecular flexibility index (Phi) is 9.04. The minimum atomic E-state index is -1.04. The van der Waals surface area contributed by atoms with Crippen molar-refractivity contribution in [3.05, 3.63) is 136 Å². The minimum Gasteiger partial charge on any atom is -0.478 e. The van der Waals surface area contributed by atoms with Crippen LogP contribution in [-0.2, 0) is 0 Å². The molecule has 3 aromatic carbocycles. The molecule has 0 bridgehead atoms. The predicted octanol–water partition coefficient (Wildman–Crippen LogP) is 8.52. The minimum absolute atomic E-state index is 0.125. The van der Waals surface area contributed by atoms with Crippen molar-refractivity contribution in [3.63, 3.8) is 0 Å². The second kappa shape index (κ2) is 12.8. The number of thiophene rings is 2. The summed E-state index contributed by atoms with van der Waals surface area (Å²) in [5.41, 5.74) is 2.71. The molecule has 0 saturated heterocycles. The standard InChI is InChI=1S/C20H13FO3S.C11H7FOS/c21-17-9-3-13(12-16(17)19-2-1-11-25-19)4-10-18(22)14-5-7-15(8-6-14)20(23)24;12-10-4-3-8(7-13)6-9(10)11-2-1-5-14-11/h1-12H,(H,23,24);1-7H/b10-4+;. The van der Waals surface area contributed by atoms with Crippen molar-refractivity contribution >= 4 is 46.8 Å². The van der Waals surface area contributed by atoms with E-state index in [1.54, 1.807) is 24.3 Å². The number of ketones is 1. The number of carbonyl (C=O) groups is 3. The lowest BCUT2D eigenvalue weighted by Gasteiger charge is -2.02. The Bertz CT molecular complexity index is 1620. The van der Waals surface area contributed by atoms with Crippen LogP contribution in [0, 0.1) is 11.6 Å². The zero-order valence-corrected chi connectivity index (χ0v) is 21.8. The molecule has 194 valence electrons. The molecule has 0 spiro atoms. The Hall–Kier alpha value is -4.53. The molecule has 0 unspecified atom stereocenters. The number of benzene rings is 3.